The molecule has 0 saturated heterocycles. The van der Waals surface area contributed by atoms with E-state index in [2.05, 4.69) is 19.9 Å². The van der Waals surface area contributed by atoms with E-state index in [-0.39, 0.29) is 56.3 Å². The van der Waals surface area contributed by atoms with Crippen LogP contribution in [0.3, 0.4) is 0 Å². The van der Waals surface area contributed by atoms with Crippen molar-refractivity contribution in [2.45, 2.75) is 173 Å². The average molecular weight is 611 g/mol. The van der Waals surface area contributed by atoms with Crippen LogP contribution in [-0.2, 0) is 23.0 Å². The van der Waals surface area contributed by atoms with Gasteiger partial charge in [-0.05, 0) is 59.7 Å². The van der Waals surface area contributed by atoms with Gasteiger partial charge in [-0.1, -0.05) is 160 Å². The van der Waals surface area contributed by atoms with Crippen LogP contribution in [0.4, 0.5) is 0 Å². The van der Waals surface area contributed by atoms with E-state index in [0.29, 0.717) is 5.39 Å². The molecule has 0 saturated carbocycles. The number of unbranched alkanes of at least 4 members (excludes halogenated alkanes) is 20. The summed E-state index contributed by atoms with van der Waals surface area (Å²) < 4.78 is 35.8. The van der Waals surface area contributed by atoms with Gasteiger partial charge < -0.3 is 4.55 Å². The van der Waals surface area contributed by atoms with Gasteiger partial charge in [0.2, 0.25) is 0 Å². The molecule has 0 heterocycles. The number of hydrogen-bond acceptors (Lipinski definition) is 3. The van der Waals surface area contributed by atoms with Crippen molar-refractivity contribution < 1.29 is 64.4 Å². The summed E-state index contributed by atoms with van der Waals surface area (Å²) in [6.07, 6.45) is 31.2. The molecule has 3 nitrogen and oxygen atoms in total. The van der Waals surface area contributed by atoms with Crippen molar-refractivity contribution in [2.75, 3.05) is 0 Å². The Morgan fingerprint density at radius 3 is 1.29 bits per heavy atom. The van der Waals surface area contributed by atoms with Crippen LogP contribution in [0.1, 0.15) is 166 Å². The standard InChI is InChI=1S/C36H60O3S.K/c1-3-5-7-9-11-13-15-17-19-21-23-26-32-30-34-28-25-29-36(40(37,38)39)35(34)31-33(32)27-24-22-20-18-16-14-12-10-8-6-4-2;/h25,28-31H,3-24,26-27H2,1-2H3,(H,37,38,39);/q;+1/p-1. The summed E-state index contributed by atoms with van der Waals surface area (Å²) in [6.45, 7) is 4.54. The van der Waals surface area contributed by atoms with Crippen LogP contribution < -0.4 is 51.4 Å². The maximum absolute atomic E-state index is 11.9. The van der Waals surface area contributed by atoms with Gasteiger partial charge in [-0.2, -0.15) is 0 Å². The molecule has 0 unspecified atom stereocenters. The summed E-state index contributed by atoms with van der Waals surface area (Å²) in [7, 11) is -4.49. The largest absolute Gasteiger partial charge is 1.00 e. The van der Waals surface area contributed by atoms with Crippen LogP contribution in [0.2, 0.25) is 0 Å². The second-order valence-electron chi connectivity index (χ2n) is 12.1. The van der Waals surface area contributed by atoms with Gasteiger partial charge in [0.25, 0.3) is 0 Å². The first kappa shape index (κ1) is 39.3. The molecule has 0 amide bonds. The summed E-state index contributed by atoms with van der Waals surface area (Å²) in [4.78, 5) is -0.0774. The molecule has 0 aliphatic carbocycles. The molecule has 0 aliphatic heterocycles. The Morgan fingerprint density at radius 2 is 0.902 bits per heavy atom. The van der Waals surface area contributed by atoms with Crippen LogP contribution in [-0.4, -0.2) is 13.0 Å². The fourth-order valence-corrected chi connectivity index (χ4v) is 6.72. The molecule has 228 valence electrons. The normalized spacial score (nSPS) is 11.7. The van der Waals surface area contributed by atoms with Gasteiger partial charge in [-0.15, -0.1) is 0 Å². The van der Waals surface area contributed by atoms with E-state index in [1.165, 1.54) is 152 Å². The Kier molecular flexibility index (Phi) is 23.5. The fourth-order valence-electron chi connectivity index (χ4n) is 6.03. The van der Waals surface area contributed by atoms with E-state index in [4.69, 9.17) is 0 Å². The van der Waals surface area contributed by atoms with Gasteiger partial charge in [-0.3, -0.25) is 0 Å². The zero-order chi connectivity index (χ0) is 28.9. The molecular formula is C36H59KO3S. The Hall–Kier alpha value is 0.246. The van der Waals surface area contributed by atoms with E-state index in [0.717, 1.165) is 24.6 Å². The van der Waals surface area contributed by atoms with Gasteiger partial charge >= 0.3 is 51.4 Å². The van der Waals surface area contributed by atoms with Crippen molar-refractivity contribution in [3.63, 3.8) is 0 Å². The van der Waals surface area contributed by atoms with Crippen molar-refractivity contribution in [3.8, 4) is 0 Å². The molecule has 2 aromatic carbocycles. The number of rotatable bonds is 25. The summed E-state index contributed by atoms with van der Waals surface area (Å²) in [5, 5.41) is 1.47. The Labute approximate surface area is 296 Å². The zero-order valence-electron chi connectivity index (χ0n) is 27.0. The molecule has 0 radical (unpaired) electrons. The van der Waals surface area contributed by atoms with Crippen molar-refractivity contribution in [2.24, 2.45) is 0 Å². The Bertz CT molecular complexity index is 1030. The molecule has 2 rings (SSSR count). The van der Waals surface area contributed by atoms with Crippen molar-refractivity contribution in [3.05, 3.63) is 41.5 Å². The van der Waals surface area contributed by atoms with Crippen LogP contribution in [0.15, 0.2) is 35.2 Å². The van der Waals surface area contributed by atoms with Crippen molar-refractivity contribution in [1.29, 1.82) is 0 Å². The maximum Gasteiger partial charge on any atom is 1.00 e. The third-order valence-corrected chi connectivity index (χ3v) is 9.42. The molecular weight excluding hydrogens is 552 g/mol. The minimum absolute atomic E-state index is 0. The first-order valence-electron chi connectivity index (χ1n) is 17.0. The van der Waals surface area contributed by atoms with Crippen LogP contribution in [0, 0.1) is 0 Å². The number of hydrogen-bond donors (Lipinski definition) is 0. The third-order valence-electron chi connectivity index (χ3n) is 8.53. The average Bonchev–Trinajstić information content (AvgIpc) is 2.93. The molecule has 41 heavy (non-hydrogen) atoms. The maximum atomic E-state index is 11.9. The van der Waals surface area contributed by atoms with Gasteiger partial charge in [0.1, 0.15) is 10.1 Å². The van der Waals surface area contributed by atoms with E-state index >= 15 is 0 Å². The van der Waals surface area contributed by atoms with Gasteiger partial charge in [-0.25, -0.2) is 8.42 Å². The second kappa shape index (κ2) is 24.6. The molecule has 0 bridgehead atoms. The summed E-state index contributed by atoms with van der Waals surface area (Å²) in [6, 6.07) is 9.28. The SMILES string of the molecule is CCCCCCCCCCCCCc1cc2cccc(S(=O)(=O)[O-])c2cc1CCCCCCCCCCCCC.[K+]. The smallest absolute Gasteiger partial charge is 0.744 e. The number of benzene rings is 2. The second-order valence-corrected chi connectivity index (χ2v) is 13.5. The first-order chi connectivity index (χ1) is 19.5. The Balaban J connectivity index is 0.00000840. The third kappa shape index (κ3) is 17.4. The first-order valence-corrected chi connectivity index (χ1v) is 18.4. The Morgan fingerprint density at radius 1 is 0.537 bits per heavy atom. The summed E-state index contributed by atoms with van der Waals surface area (Å²) in [5.74, 6) is 0. The minimum atomic E-state index is -4.49. The molecule has 2 aromatic rings. The van der Waals surface area contributed by atoms with Crippen molar-refractivity contribution in [1.82, 2.24) is 0 Å². The van der Waals surface area contributed by atoms with Crippen molar-refractivity contribution >= 4 is 20.9 Å². The molecule has 0 fully saturated rings. The van der Waals surface area contributed by atoms with Gasteiger partial charge in [0.15, 0.2) is 0 Å². The molecule has 0 atom stereocenters. The predicted molar refractivity (Wildman–Crippen MR) is 172 cm³/mol. The topological polar surface area (TPSA) is 57.2 Å². The van der Waals surface area contributed by atoms with Crippen LogP contribution in [0.25, 0.3) is 10.8 Å². The van der Waals surface area contributed by atoms with E-state index < -0.39 is 10.1 Å². The molecule has 0 aromatic heterocycles. The van der Waals surface area contributed by atoms with E-state index in [1.54, 1.807) is 6.07 Å². The van der Waals surface area contributed by atoms with Gasteiger partial charge in [0.05, 0.1) is 4.90 Å². The molecule has 0 aliphatic rings. The number of fused-ring (bicyclic) bond motifs is 1. The molecule has 5 heteroatoms. The quantitative estimate of drug-likeness (QED) is 0.0644. The summed E-state index contributed by atoms with van der Waals surface area (Å²) >= 11 is 0. The van der Waals surface area contributed by atoms with E-state index in [9.17, 15) is 13.0 Å². The van der Waals surface area contributed by atoms with Crippen LogP contribution >= 0.6 is 0 Å². The predicted octanol–water partition coefficient (Wildman–Crippen LogP) is 8.45. The summed E-state index contributed by atoms with van der Waals surface area (Å²) in [5.41, 5.74) is 2.59. The monoisotopic (exact) mass is 610 g/mol. The zero-order valence-corrected chi connectivity index (χ0v) is 30.9. The van der Waals surface area contributed by atoms with Crippen LogP contribution in [0.5, 0.6) is 0 Å². The number of aryl methyl sites for hydroxylation is 2. The molecule has 0 N–H and O–H groups in total. The molecule has 0 spiro atoms. The van der Waals surface area contributed by atoms with E-state index in [1.807, 2.05) is 12.1 Å². The fraction of sp³-hybridized carbons (Fsp3) is 0.722. The minimum Gasteiger partial charge on any atom is -0.744 e. The van der Waals surface area contributed by atoms with Gasteiger partial charge in [0, 0.05) is 0 Å².